The molecule has 31 heavy (non-hydrogen) atoms. The Bertz CT molecular complexity index is 1190. The average molecular weight is 482 g/mol. The van der Waals surface area contributed by atoms with E-state index in [0.717, 1.165) is 0 Å². The molecule has 12 heteroatoms. The maximum Gasteiger partial charge on any atom is 0.257 e. The van der Waals surface area contributed by atoms with Gasteiger partial charge in [0.1, 0.15) is 17.0 Å². The molecule has 1 N–H and O–H groups in total. The second-order valence-electron chi connectivity index (χ2n) is 6.61. The Morgan fingerprint density at radius 3 is 2.55 bits per heavy atom. The molecule has 0 spiro atoms. The van der Waals surface area contributed by atoms with Crippen LogP contribution in [0.25, 0.3) is 5.82 Å². The summed E-state index contributed by atoms with van der Waals surface area (Å²) in [6, 6.07) is 5.81. The predicted molar refractivity (Wildman–Crippen MR) is 115 cm³/mol. The number of hydrogen-bond acceptors (Lipinski definition) is 6. The molecule has 1 amide bonds. The van der Waals surface area contributed by atoms with Crippen molar-refractivity contribution >= 4 is 44.8 Å². The first-order chi connectivity index (χ1) is 14.9. The second kappa shape index (κ2) is 8.93. The van der Waals surface area contributed by atoms with Crippen LogP contribution in [0.3, 0.4) is 0 Å². The maximum atomic E-state index is 13.0. The van der Waals surface area contributed by atoms with Crippen LogP contribution in [0, 0.1) is 0 Å². The van der Waals surface area contributed by atoms with Gasteiger partial charge in [-0.15, -0.1) is 0 Å². The van der Waals surface area contributed by atoms with Crippen molar-refractivity contribution < 1.29 is 17.9 Å². The number of nitrogens with one attached hydrogen (secondary N) is 1. The van der Waals surface area contributed by atoms with Crippen molar-refractivity contribution in [2.45, 2.75) is 4.90 Å². The van der Waals surface area contributed by atoms with Crippen LogP contribution >= 0.6 is 23.2 Å². The molecule has 4 rings (SSSR count). The molecular formula is C19H17Cl2N5O4S. The van der Waals surface area contributed by atoms with Crippen molar-refractivity contribution in [3.05, 3.63) is 64.8 Å². The lowest BCUT2D eigenvalue weighted by atomic mass is 10.2. The molecule has 162 valence electrons. The number of carbonyl (C=O) groups excluding carboxylic acids is 1. The number of halogens is 2. The van der Waals surface area contributed by atoms with Crippen molar-refractivity contribution in [1.82, 2.24) is 18.8 Å². The molecule has 1 aliphatic heterocycles. The summed E-state index contributed by atoms with van der Waals surface area (Å²) in [6.07, 6.45) is 6.44. The first kappa shape index (κ1) is 21.7. The summed E-state index contributed by atoms with van der Waals surface area (Å²) in [6.45, 7) is 0.995. The van der Waals surface area contributed by atoms with E-state index in [9.17, 15) is 13.2 Å². The van der Waals surface area contributed by atoms with E-state index in [1.807, 2.05) is 0 Å². The molecule has 1 aromatic carbocycles. The summed E-state index contributed by atoms with van der Waals surface area (Å²) in [4.78, 5) is 20.8. The number of aromatic nitrogens is 3. The fraction of sp³-hybridized carbons (Fsp3) is 0.211. The molecule has 3 aromatic rings. The van der Waals surface area contributed by atoms with E-state index in [4.69, 9.17) is 27.9 Å². The Kier molecular flexibility index (Phi) is 6.26. The Morgan fingerprint density at radius 1 is 1.13 bits per heavy atom. The van der Waals surface area contributed by atoms with Crippen molar-refractivity contribution in [2.75, 3.05) is 31.6 Å². The van der Waals surface area contributed by atoms with Crippen LogP contribution in [-0.2, 0) is 14.8 Å². The van der Waals surface area contributed by atoms with Gasteiger partial charge in [-0.3, -0.25) is 9.36 Å². The van der Waals surface area contributed by atoms with E-state index in [1.165, 1.54) is 22.6 Å². The highest BCUT2D eigenvalue weighted by molar-refractivity contribution is 7.89. The summed E-state index contributed by atoms with van der Waals surface area (Å²) >= 11 is 12.4. The SMILES string of the molecule is O=C(Nc1ccc(-n2ccnc2)nc1)c1cc(S(=O)(=O)N2CCOCC2)c(Cl)cc1Cl. The van der Waals surface area contributed by atoms with Gasteiger partial charge in [0.05, 0.1) is 40.7 Å². The number of benzene rings is 1. The van der Waals surface area contributed by atoms with Crippen LogP contribution in [0.15, 0.2) is 54.1 Å². The van der Waals surface area contributed by atoms with Crippen LogP contribution in [-0.4, -0.2) is 59.5 Å². The molecule has 9 nitrogen and oxygen atoms in total. The predicted octanol–water partition coefficient (Wildman–Crippen LogP) is 2.85. The van der Waals surface area contributed by atoms with Gasteiger partial charge in [0.15, 0.2) is 0 Å². The van der Waals surface area contributed by atoms with E-state index in [-0.39, 0.29) is 33.6 Å². The molecular weight excluding hydrogens is 465 g/mol. The van der Waals surface area contributed by atoms with Gasteiger partial charge in [0, 0.05) is 25.5 Å². The first-order valence-corrected chi connectivity index (χ1v) is 11.4. The highest BCUT2D eigenvalue weighted by Gasteiger charge is 2.30. The number of anilines is 1. The fourth-order valence-electron chi connectivity index (χ4n) is 3.03. The Balaban J connectivity index is 1.59. The highest BCUT2D eigenvalue weighted by atomic mass is 35.5. The van der Waals surface area contributed by atoms with Crippen LogP contribution < -0.4 is 5.32 Å². The lowest BCUT2D eigenvalue weighted by molar-refractivity contribution is 0.0730. The molecule has 0 bridgehead atoms. The van der Waals surface area contributed by atoms with Crippen LogP contribution in [0.1, 0.15) is 10.4 Å². The number of imidazole rings is 1. The van der Waals surface area contributed by atoms with Gasteiger partial charge in [-0.05, 0) is 24.3 Å². The minimum absolute atomic E-state index is 0.0170. The molecule has 1 fully saturated rings. The van der Waals surface area contributed by atoms with Gasteiger partial charge in [-0.1, -0.05) is 23.2 Å². The number of nitrogens with zero attached hydrogens (tertiary/aromatic N) is 4. The van der Waals surface area contributed by atoms with Crippen molar-refractivity contribution in [3.8, 4) is 5.82 Å². The third-order valence-corrected chi connectivity index (χ3v) is 7.30. The van der Waals surface area contributed by atoms with E-state index in [0.29, 0.717) is 24.7 Å². The number of sulfonamides is 1. The van der Waals surface area contributed by atoms with Crippen LogP contribution in [0.5, 0.6) is 0 Å². The van der Waals surface area contributed by atoms with Gasteiger partial charge in [-0.2, -0.15) is 4.31 Å². The zero-order chi connectivity index (χ0) is 22.0. The van der Waals surface area contributed by atoms with Gasteiger partial charge >= 0.3 is 0 Å². The Morgan fingerprint density at radius 2 is 1.90 bits per heavy atom. The summed E-state index contributed by atoms with van der Waals surface area (Å²) in [5.41, 5.74) is 0.397. The van der Waals surface area contributed by atoms with Crippen molar-refractivity contribution in [2.24, 2.45) is 0 Å². The van der Waals surface area contributed by atoms with E-state index < -0.39 is 15.9 Å². The standard InChI is InChI=1S/C19H17Cl2N5O4S/c20-15-10-16(21)17(31(28,29)26-5-7-30-8-6-26)9-14(15)19(27)24-13-1-2-18(23-11-13)25-4-3-22-12-25/h1-4,9-12H,5-8H2,(H,24,27). The molecule has 0 aliphatic carbocycles. The van der Waals surface area contributed by atoms with Gasteiger partial charge in [0.2, 0.25) is 10.0 Å². The lowest BCUT2D eigenvalue weighted by Gasteiger charge is -2.26. The van der Waals surface area contributed by atoms with E-state index in [1.54, 1.807) is 35.4 Å². The molecule has 2 aromatic heterocycles. The molecule has 0 saturated carbocycles. The summed E-state index contributed by atoms with van der Waals surface area (Å²) in [5.74, 6) is 0.0381. The number of morpholine rings is 1. The topological polar surface area (TPSA) is 106 Å². The normalized spacial score (nSPS) is 15.0. The number of carbonyl (C=O) groups is 1. The molecule has 1 saturated heterocycles. The van der Waals surface area contributed by atoms with Crippen molar-refractivity contribution in [3.63, 3.8) is 0 Å². The minimum Gasteiger partial charge on any atom is -0.379 e. The first-order valence-electron chi connectivity index (χ1n) is 9.19. The largest absolute Gasteiger partial charge is 0.379 e. The van der Waals surface area contributed by atoms with Gasteiger partial charge in [-0.25, -0.2) is 18.4 Å². The third kappa shape index (κ3) is 4.58. The Hall–Kier alpha value is -2.50. The number of ether oxygens (including phenoxy) is 1. The average Bonchev–Trinajstić information content (AvgIpc) is 3.29. The van der Waals surface area contributed by atoms with E-state index >= 15 is 0 Å². The minimum atomic E-state index is -3.91. The third-order valence-electron chi connectivity index (χ3n) is 4.63. The molecule has 0 atom stereocenters. The summed E-state index contributed by atoms with van der Waals surface area (Å²) < 4.78 is 34.2. The monoisotopic (exact) mass is 481 g/mol. The van der Waals surface area contributed by atoms with E-state index in [2.05, 4.69) is 15.3 Å². The van der Waals surface area contributed by atoms with Crippen molar-refractivity contribution in [1.29, 1.82) is 0 Å². The number of hydrogen-bond donors (Lipinski definition) is 1. The summed E-state index contributed by atoms with van der Waals surface area (Å²) in [5, 5.41) is 2.64. The molecule has 0 unspecified atom stereocenters. The summed E-state index contributed by atoms with van der Waals surface area (Å²) in [7, 11) is -3.91. The van der Waals surface area contributed by atoms with Gasteiger partial charge < -0.3 is 10.1 Å². The zero-order valence-corrected chi connectivity index (χ0v) is 18.4. The molecule has 0 radical (unpaired) electrons. The number of rotatable bonds is 5. The number of pyridine rings is 1. The molecule has 1 aliphatic rings. The smallest absolute Gasteiger partial charge is 0.257 e. The second-order valence-corrected chi connectivity index (χ2v) is 9.33. The zero-order valence-electron chi connectivity index (χ0n) is 16.0. The lowest BCUT2D eigenvalue weighted by Crippen LogP contribution is -2.40. The molecule has 3 heterocycles. The van der Waals surface area contributed by atoms with Gasteiger partial charge in [0.25, 0.3) is 5.91 Å². The number of amides is 1. The van der Waals surface area contributed by atoms with Crippen LogP contribution in [0.4, 0.5) is 5.69 Å². The fourth-order valence-corrected chi connectivity index (χ4v) is 5.27. The Labute approximate surface area is 188 Å². The highest BCUT2D eigenvalue weighted by Crippen LogP contribution is 2.31. The van der Waals surface area contributed by atoms with Crippen LogP contribution in [0.2, 0.25) is 10.0 Å². The quantitative estimate of drug-likeness (QED) is 0.600. The maximum absolute atomic E-state index is 13.0.